The molecular weight excluding hydrogens is 472 g/mol. The van der Waals surface area contributed by atoms with Crippen molar-refractivity contribution >= 4 is 34.1 Å². The molecule has 0 radical (unpaired) electrons. The van der Waals surface area contributed by atoms with Crippen LogP contribution in [0.3, 0.4) is 0 Å². The maximum Gasteiger partial charge on any atom is 0.324 e. The van der Waals surface area contributed by atoms with Gasteiger partial charge in [-0.3, -0.25) is 15.0 Å². The molecule has 184 valence electrons. The molecule has 3 aromatic rings. The summed E-state index contributed by atoms with van der Waals surface area (Å²) in [6, 6.07) is 16.9. The van der Waals surface area contributed by atoms with E-state index in [0.717, 1.165) is 36.2 Å². The van der Waals surface area contributed by atoms with Crippen molar-refractivity contribution in [2.45, 2.75) is 31.8 Å². The van der Waals surface area contributed by atoms with Gasteiger partial charge in [-0.1, -0.05) is 12.1 Å². The molecule has 3 amide bonds. The number of hydrogen-bond donors (Lipinski definition) is 1. The van der Waals surface area contributed by atoms with Crippen molar-refractivity contribution in [2.75, 3.05) is 37.4 Å². The minimum Gasteiger partial charge on any atom is -0.318 e. The molecule has 0 spiro atoms. The summed E-state index contributed by atoms with van der Waals surface area (Å²) in [5.74, 6) is -0.195. The second-order valence-electron chi connectivity index (χ2n) is 9.42. The van der Waals surface area contributed by atoms with Gasteiger partial charge < -0.3 is 9.80 Å². The van der Waals surface area contributed by atoms with E-state index in [2.05, 4.69) is 35.4 Å². The normalized spacial score (nSPS) is 17.3. The number of carbonyl (C=O) groups excluding carboxylic acids is 2. The lowest BCUT2D eigenvalue weighted by Gasteiger charge is -2.27. The largest absolute Gasteiger partial charge is 0.324 e. The Balaban J connectivity index is 1.23. The number of amides is 3. The Kier molecular flexibility index (Phi) is 6.72. The van der Waals surface area contributed by atoms with Gasteiger partial charge in [-0.15, -0.1) is 11.3 Å². The quantitative estimate of drug-likeness (QED) is 0.550. The van der Waals surface area contributed by atoms with Crippen LogP contribution >= 0.6 is 11.3 Å². The first-order valence-electron chi connectivity index (χ1n) is 12.0. The van der Waals surface area contributed by atoms with Crippen LogP contribution in [-0.4, -0.2) is 59.9 Å². The molecule has 0 bridgehead atoms. The number of anilines is 2. The Morgan fingerprint density at radius 2 is 2.03 bits per heavy atom. The molecule has 1 N–H and O–H groups in total. The fourth-order valence-electron chi connectivity index (χ4n) is 4.74. The van der Waals surface area contributed by atoms with Gasteiger partial charge in [-0.25, -0.2) is 9.78 Å². The van der Waals surface area contributed by atoms with Crippen LogP contribution < -0.4 is 10.2 Å². The zero-order chi connectivity index (χ0) is 25.2. The summed E-state index contributed by atoms with van der Waals surface area (Å²) in [7, 11) is 4.21. The third kappa shape index (κ3) is 4.96. The number of rotatable bonds is 6. The van der Waals surface area contributed by atoms with E-state index < -0.39 is 0 Å². The first-order chi connectivity index (χ1) is 17.4. The van der Waals surface area contributed by atoms with Gasteiger partial charge in [0.15, 0.2) is 5.13 Å². The number of urea groups is 1. The van der Waals surface area contributed by atoms with Crippen LogP contribution in [0.15, 0.2) is 48.5 Å². The van der Waals surface area contributed by atoms with Crippen molar-refractivity contribution in [3.05, 3.63) is 75.8 Å². The predicted octanol–water partition coefficient (Wildman–Crippen LogP) is 4.13. The highest BCUT2D eigenvalue weighted by Crippen LogP contribution is 2.31. The Bertz CT molecular complexity index is 1330. The monoisotopic (exact) mass is 500 g/mol. The fraction of sp³-hybridized carbons (Fsp3) is 0.333. The molecule has 1 aliphatic carbocycles. The minimum absolute atomic E-state index is 0.0843. The number of carbonyl (C=O) groups is 2. The lowest BCUT2D eigenvalue weighted by atomic mass is 9.97. The van der Waals surface area contributed by atoms with E-state index in [1.807, 2.05) is 18.2 Å². The van der Waals surface area contributed by atoms with E-state index in [0.29, 0.717) is 41.9 Å². The number of thiazole rings is 1. The number of aromatic nitrogens is 1. The van der Waals surface area contributed by atoms with Gasteiger partial charge in [0.1, 0.15) is 0 Å². The molecule has 1 aliphatic heterocycles. The molecule has 2 heterocycles. The third-order valence-electron chi connectivity index (χ3n) is 6.83. The summed E-state index contributed by atoms with van der Waals surface area (Å²) in [6.45, 7) is 1.59. The van der Waals surface area contributed by atoms with E-state index >= 15 is 0 Å². The standard InChI is InChI=1S/C27H28N6O2S/c1-31(2)22-10-11-23-24(15-22)36-26(29-23)30-25(34)20-5-3-4-19(14-20)17-32-12-13-33(27(32)35)21-8-6-18(16-28)7-9-21/h3-9,14,22H,10-13,15,17H2,1-2H3,(H,29,30,34)/t22-/m0/s1. The van der Waals surface area contributed by atoms with Crippen LogP contribution in [0.5, 0.6) is 0 Å². The number of nitrogens with one attached hydrogen (secondary N) is 1. The summed E-state index contributed by atoms with van der Waals surface area (Å²) in [6.07, 6.45) is 2.98. The van der Waals surface area contributed by atoms with Gasteiger partial charge in [-0.2, -0.15) is 5.26 Å². The van der Waals surface area contributed by atoms with Crippen molar-refractivity contribution in [2.24, 2.45) is 0 Å². The average Bonchev–Trinajstić information content (AvgIpc) is 3.46. The van der Waals surface area contributed by atoms with Gasteiger partial charge in [0.25, 0.3) is 5.91 Å². The highest BCUT2D eigenvalue weighted by atomic mass is 32.1. The number of aryl methyl sites for hydroxylation is 1. The second kappa shape index (κ2) is 10.1. The number of likely N-dealkylation sites (N-methyl/N-ethyl adjacent to an activating group) is 1. The summed E-state index contributed by atoms with van der Waals surface area (Å²) in [5.41, 5.74) is 3.87. The van der Waals surface area contributed by atoms with Crippen molar-refractivity contribution in [1.29, 1.82) is 5.26 Å². The summed E-state index contributed by atoms with van der Waals surface area (Å²) < 4.78 is 0. The summed E-state index contributed by atoms with van der Waals surface area (Å²) >= 11 is 1.56. The number of nitriles is 1. The molecule has 2 aliphatic rings. The molecule has 1 fully saturated rings. The topological polar surface area (TPSA) is 92.6 Å². The fourth-order valence-corrected chi connectivity index (χ4v) is 5.81. The molecule has 0 saturated carbocycles. The molecule has 2 aromatic carbocycles. The van der Waals surface area contributed by atoms with E-state index in [4.69, 9.17) is 5.26 Å². The van der Waals surface area contributed by atoms with Crippen LogP contribution in [0.4, 0.5) is 15.6 Å². The van der Waals surface area contributed by atoms with Crippen molar-refractivity contribution in [1.82, 2.24) is 14.8 Å². The van der Waals surface area contributed by atoms with E-state index in [1.54, 1.807) is 51.5 Å². The molecule has 1 atom stereocenters. The number of fused-ring (bicyclic) bond motifs is 1. The van der Waals surface area contributed by atoms with E-state index in [1.165, 1.54) is 4.88 Å². The van der Waals surface area contributed by atoms with Gasteiger partial charge in [0.05, 0.1) is 17.3 Å². The number of benzene rings is 2. The average molecular weight is 501 g/mol. The molecule has 1 saturated heterocycles. The lowest BCUT2D eigenvalue weighted by molar-refractivity contribution is 0.102. The molecule has 1 aromatic heterocycles. The Labute approximate surface area is 214 Å². The van der Waals surface area contributed by atoms with Crippen molar-refractivity contribution in [3.63, 3.8) is 0 Å². The molecule has 8 nitrogen and oxygen atoms in total. The molecule has 0 unspecified atom stereocenters. The highest BCUT2D eigenvalue weighted by Gasteiger charge is 2.30. The first-order valence-corrected chi connectivity index (χ1v) is 12.8. The Hall–Kier alpha value is -3.74. The minimum atomic E-state index is -0.195. The van der Waals surface area contributed by atoms with Crippen molar-refractivity contribution in [3.8, 4) is 6.07 Å². The number of nitrogens with zero attached hydrogens (tertiary/aromatic N) is 5. The zero-order valence-corrected chi connectivity index (χ0v) is 21.2. The SMILES string of the molecule is CN(C)[C@H]1CCc2nc(NC(=O)c3cccc(CN4CCN(c5ccc(C#N)cc5)C4=O)c3)sc2C1. The molecule has 5 rings (SSSR count). The van der Waals surface area contributed by atoms with Crippen molar-refractivity contribution < 1.29 is 9.59 Å². The zero-order valence-electron chi connectivity index (χ0n) is 20.4. The van der Waals surface area contributed by atoms with Crippen LogP contribution in [-0.2, 0) is 19.4 Å². The maximum atomic E-state index is 13.0. The maximum absolute atomic E-state index is 13.0. The molecule has 9 heteroatoms. The third-order valence-corrected chi connectivity index (χ3v) is 7.87. The van der Waals surface area contributed by atoms with Crippen LogP contribution in [0.1, 0.15) is 38.5 Å². The Morgan fingerprint density at radius 1 is 1.22 bits per heavy atom. The second-order valence-corrected chi connectivity index (χ2v) is 10.5. The highest BCUT2D eigenvalue weighted by molar-refractivity contribution is 7.15. The van der Waals surface area contributed by atoms with E-state index in [9.17, 15) is 9.59 Å². The summed E-state index contributed by atoms with van der Waals surface area (Å²) in [5, 5.41) is 12.6. The van der Waals surface area contributed by atoms with Gasteiger partial charge in [0.2, 0.25) is 0 Å². The van der Waals surface area contributed by atoms with Crippen LogP contribution in [0, 0.1) is 11.3 Å². The molecular formula is C27H28N6O2S. The van der Waals surface area contributed by atoms with Crippen LogP contribution in [0.25, 0.3) is 0 Å². The lowest BCUT2D eigenvalue weighted by Crippen LogP contribution is -2.32. The van der Waals surface area contributed by atoms with Gasteiger partial charge in [-0.05, 0) is 75.3 Å². The Morgan fingerprint density at radius 3 is 2.78 bits per heavy atom. The smallest absolute Gasteiger partial charge is 0.318 e. The predicted molar refractivity (Wildman–Crippen MR) is 140 cm³/mol. The van der Waals surface area contributed by atoms with Gasteiger partial charge >= 0.3 is 6.03 Å². The summed E-state index contributed by atoms with van der Waals surface area (Å²) in [4.78, 5) is 37.6. The van der Waals surface area contributed by atoms with E-state index in [-0.39, 0.29) is 11.9 Å². The van der Waals surface area contributed by atoms with Gasteiger partial charge in [0, 0.05) is 41.8 Å². The first kappa shape index (κ1) is 24.0. The number of hydrogen-bond acceptors (Lipinski definition) is 6. The molecule has 36 heavy (non-hydrogen) atoms. The van der Waals surface area contributed by atoms with Crippen LogP contribution in [0.2, 0.25) is 0 Å².